The van der Waals surface area contributed by atoms with E-state index in [0.717, 1.165) is 12.8 Å². The number of ether oxygens (including phenoxy) is 1. The molecule has 1 heterocycles. The van der Waals surface area contributed by atoms with Crippen LogP contribution in [0, 0.1) is 22.0 Å². The zero-order valence-corrected chi connectivity index (χ0v) is 29.4. The Morgan fingerprint density at radius 3 is 2.08 bits per heavy atom. The van der Waals surface area contributed by atoms with Gasteiger partial charge < -0.3 is 30.4 Å². The molecule has 1 fully saturated rings. The van der Waals surface area contributed by atoms with Crippen molar-refractivity contribution in [2.45, 2.75) is 46.6 Å². The number of benzene rings is 1. The lowest BCUT2D eigenvalue weighted by Crippen LogP contribution is -2.55. The van der Waals surface area contributed by atoms with Crippen LogP contribution in [-0.4, -0.2) is 75.2 Å². The van der Waals surface area contributed by atoms with Gasteiger partial charge in [-0.1, -0.05) is 6.92 Å². The lowest BCUT2D eigenvalue weighted by molar-refractivity contribution is -0.161. The fraction of sp³-hybridized carbons (Fsp3) is 0.600. The molecule has 0 spiro atoms. The van der Waals surface area contributed by atoms with Crippen LogP contribution in [-0.2, 0) is 19.2 Å². The number of anilines is 1. The van der Waals surface area contributed by atoms with E-state index in [9.17, 15) is 19.2 Å². The number of piperidine rings is 1. The molecule has 4 N–H and O–H groups in total. The van der Waals surface area contributed by atoms with Gasteiger partial charge in [-0.3, -0.25) is 14.4 Å². The van der Waals surface area contributed by atoms with Crippen molar-refractivity contribution in [3.63, 3.8) is 0 Å². The lowest BCUT2D eigenvalue weighted by Gasteiger charge is -2.33. The van der Waals surface area contributed by atoms with Gasteiger partial charge in [-0.2, -0.15) is 5.48 Å². The third-order valence-corrected chi connectivity index (χ3v) is 9.39. The van der Waals surface area contributed by atoms with Gasteiger partial charge in [0.05, 0.1) is 35.9 Å². The van der Waals surface area contributed by atoms with Crippen LogP contribution in [0.1, 0.15) is 61.3 Å². The van der Waals surface area contributed by atoms with E-state index in [1.165, 1.54) is 14.2 Å². The van der Waals surface area contributed by atoms with Gasteiger partial charge in [0.15, 0.2) is 0 Å². The fourth-order valence-corrected chi connectivity index (χ4v) is 8.24. The monoisotopic (exact) mass is 883 g/mol. The highest BCUT2D eigenvalue weighted by molar-refractivity contribution is 14.1. The summed E-state index contributed by atoms with van der Waals surface area (Å²) in [5.74, 6) is -1.12. The first-order valence-corrected chi connectivity index (χ1v) is 15.7. The number of hydrogen-bond donors (Lipinski definition) is 4. The third kappa shape index (κ3) is 9.00. The number of carbonyl (C=O) groups excluding carboxylic acids is 4. The van der Waals surface area contributed by atoms with Crippen molar-refractivity contribution in [1.29, 1.82) is 0 Å². The molecule has 0 aliphatic carbocycles. The Balaban J connectivity index is 2.43. The minimum absolute atomic E-state index is 0.118. The molecule has 1 saturated heterocycles. The van der Waals surface area contributed by atoms with Gasteiger partial charge in [-0.15, -0.1) is 0 Å². The predicted octanol–water partition coefficient (Wildman–Crippen LogP) is 3.33. The molecule has 218 valence electrons. The molecule has 1 atom stereocenters. The summed E-state index contributed by atoms with van der Waals surface area (Å²) in [5.41, 5.74) is 3.01. The second-order valence-corrected chi connectivity index (χ2v) is 13.5. The average Bonchev–Trinajstić information content (AvgIpc) is 2.87. The minimum Gasteiger partial charge on any atom is -0.370 e. The van der Waals surface area contributed by atoms with E-state index in [1.54, 1.807) is 25.7 Å². The molecule has 0 radical (unpaired) electrons. The number of methoxy groups -OCH3 is 1. The number of rotatable bonds is 10. The zero-order valence-electron chi connectivity index (χ0n) is 22.9. The molecule has 1 aliphatic rings. The molecule has 14 heteroatoms. The van der Waals surface area contributed by atoms with Crippen molar-refractivity contribution in [2.24, 2.45) is 11.3 Å². The van der Waals surface area contributed by atoms with E-state index in [2.05, 4.69) is 73.5 Å². The van der Waals surface area contributed by atoms with Gasteiger partial charge in [-0.25, -0.2) is 4.79 Å². The summed E-state index contributed by atoms with van der Waals surface area (Å²) in [6, 6.07) is -1.01. The Labute approximate surface area is 270 Å². The number of nitrogens with zero attached hydrogens (tertiary/aromatic N) is 1. The Morgan fingerprint density at radius 1 is 1.00 bits per heavy atom. The molecule has 0 bridgehead atoms. The topological polar surface area (TPSA) is 138 Å². The summed E-state index contributed by atoms with van der Waals surface area (Å²) in [7, 11) is 3.05. The van der Waals surface area contributed by atoms with Gasteiger partial charge in [0.2, 0.25) is 5.91 Å². The molecule has 0 aromatic heterocycles. The fourth-order valence-electron chi connectivity index (χ4n) is 3.71. The summed E-state index contributed by atoms with van der Waals surface area (Å²) >= 11 is 6.11. The number of likely N-dealkylation sites (tertiary alicyclic amines) is 1. The van der Waals surface area contributed by atoms with E-state index in [0.29, 0.717) is 41.0 Å². The van der Waals surface area contributed by atoms with Gasteiger partial charge in [0.25, 0.3) is 11.8 Å². The van der Waals surface area contributed by atoms with E-state index >= 15 is 0 Å². The second-order valence-electron chi connectivity index (χ2n) is 10.3. The summed E-state index contributed by atoms with van der Waals surface area (Å²) < 4.78 is 6.82. The SMILES string of the molecule is CNC(=O)c1c(I)c(NCOC)c(I)c(C(=O)NC(CNOC(=O)C(C)(C)C)C(=O)N2CCC(C)CC2)c1I. The highest BCUT2D eigenvalue weighted by Crippen LogP contribution is 2.35. The summed E-state index contributed by atoms with van der Waals surface area (Å²) in [6.07, 6.45) is 1.74. The van der Waals surface area contributed by atoms with Crippen LogP contribution < -0.4 is 21.4 Å². The summed E-state index contributed by atoms with van der Waals surface area (Å²) in [5, 5.41) is 8.58. The molecule has 0 saturated carbocycles. The van der Waals surface area contributed by atoms with Crippen molar-refractivity contribution in [2.75, 3.05) is 45.8 Å². The largest absolute Gasteiger partial charge is 0.370 e. The third-order valence-electron chi connectivity index (χ3n) is 6.15. The molecule has 11 nitrogen and oxygen atoms in total. The van der Waals surface area contributed by atoms with Crippen molar-refractivity contribution in [3.05, 3.63) is 21.8 Å². The van der Waals surface area contributed by atoms with Crippen LogP contribution in [0.4, 0.5) is 5.69 Å². The Kier molecular flexibility index (Phi) is 13.4. The van der Waals surface area contributed by atoms with E-state index in [-0.39, 0.29) is 30.7 Å². The number of hydrogen-bond acceptors (Lipinski definition) is 8. The van der Waals surface area contributed by atoms with Gasteiger partial charge in [0.1, 0.15) is 12.8 Å². The van der Waals surface area contributed by atoms with E-state index < -0.39 is 23.3 Å². The lowest BCUT2D eigenvalue weighted by atomic mass is 9.98. The van der Waals surface area contributed by atoms with Crippen LogP contribution in [0.5, 0.6) is 0 Å². The number of nitrogens with one attached hydrogen (secondary N) is 4. The van der Waals surface area contributed by atoms with Crippen LogP contribution in [0.25, 0.3) is 0 Å². The minimum atomic E-state index is -1.01. The van der Waals surface area contributed by atoms with Crippen molar-refractivity contribution >= 4 is 97.2 Å². The van der Waals surface area contributed by atoms with E-state index in [1.807, 2.05) is 22.6 Å². The van der Waals surface area contributed by atoms with Crippen molar-refractivity contribution < 1.29 is 28.8 Å². The summed E-state index contributed by atoms with van der Waals surface area (Å²) in [6.45, 7) is 8.51. The standard InChI is InChI=1S/C25H36I3N5O6/c1-13-7-9-33(10-8-13)23(36)14(11-31-39-24(37)25(2,3)4)32-22(35)16-17(26)15(21(34)29-5)18(27)20(19(16)28)30-12-38-6/h13-14,30-31H,7-12H2,1-6H3,(H,29,34)(H,32,35). The highest BCUT2D eigenvalue weighted by Gasteiger charge is 2.33. The molecule has 1 aromatic carbocycles. The Morgan fingerprint density at radius 2 is 1.56 bits per heavy atom. The number of carbonyl (C=O) groups is 4. The van der Waals surface area contributed by atoms with E-state index in [4.69, 9.17) is 9.57 Å². The van der Waals surface area contributed by atoms with Crippen LogP contribution in [0.2, 0.25) is 0 Å². The first-order chi connectivity index (χ1) is 18.2. The predicted molar refractivity (Wildman–Crippen MR) is 173 cm³/mol. The molecule has 39 heavy (non-hydrogen) atoms. The van der Waals surface area contributed by atoms with Gasteiger partial charge in [0, 0.05) is 30.8 Å². The molecule has 2 rings (SSSR count). The molecule has 1 aliphatic heterocycles. The number of halogens is 3. The maximum absolute atomic E-state index is 13.8. The average molecular weight is 883 g/mol. The first-order valence-electron chi connectivity index (χ1n) is 12.4. The van der Waals surface area contributed by atoms with Crippen LogP contribution in [0.15, 0.2) is 0 Å². The zero-order chi connectivity index (χ0) is 29.5. The van der Waals surface area contributed by atoms with Crippen molar-refractivity contribution in [1.82, 2.24) is 21.0 Å². The first kappa shape index (κ1) is 34.2. The summed E-state index contributed by atoms with van der Waals surface area (Å²) in [4.78, 5) is 59.2. The Hall–Kier alpha value is -0.990. The Bertz CT molecular complexity index is 1090. The smallest absolute Gasteiger partial charge is 0.329 e. The molecule has 1 unspecified atom stereocenters. The highest BCUT2D eigenvalue weighted by atomic mass is 127. The molecular weight excluding hydrogens is 847 g/mol. The second kappa shape index (κ2) is 15.3. The van der Waals surface area contributed by atoms with Gasteiger partial charge >= 0.3 is 5.97 Å². The maximum Gasteiger partial charge on any atom is 0.329 e. The van der Waals surface area contributed by atoms with Crippen LogP contribution >= 0.6 is 67.8 Å². The van der Waals surface area contributed by atoms with Crippen molar-refractivity contribution in [3.8, 4) is 0 Å². The normalized spacial score (nSPS) is 14.9. The molecule has 1 aromatic rings. The number of hydroxylamine groups is 1. The quantitative estimate of drug-likeness (QED) is 0.160. The van der Waals surface area contributed by atoms with Gasteiger partial charge in [-0.05, 0) is 107 Å². The van der Waals surface area contributed by atoms with Crippen LogP contribution in [0.3, 0.4) is 0 Å². The number of amides is 3. The maximum atomic E-state index is 13.8. The molecule has 3 amide bonds. The molecular formula is C25H36I3N5O6.